The molecule has 0 unspecified atom stereocenters. The maximum Gasteiger partial charge on any atom is 0.319 e. The van der Waals surface area contributed by atoms with Crippen LogP contribution in [0.3, 0.4) is 0 Å². The molecular weight excluding hydrogens is 374 g/mol. The van der Waals surface area contributed by atoms with E-state index in [0.29, 0.717) is 6.54 Å². The van der Waals surface area contributed by atoms with E-state index in [9.17, 15) is 4.79 Å². The van der Waals surface area contributed by atoms with Crippen LogP contribution in [-0.4, -0.2) is 20.4 Å². The van der Waals surface area contributed by atoms with Crippen molar-refractivity contribution in [3.05, 3.63) is 95.4 Å². The number of hydrogen-bond donors (Lipinski definition) is 2. The van der Waals surface area contributed by atoms with Gasteiger partial charge in [-0.15, -0.1) is 0 Å². The summed E-state index contributed by atoms with van der Waals surface area (Å²) in [5, 5.41) is 10.6. The summed E-state index contributed by atoms with van der Waals surface area (Å²) < 4.78 is 3.93. The molecule has 0 spiro atoms. The minimum Gasteiger partial charge on any atom is -0.334 e. The van der Waals surface area contributed by atoms with E-state index < -0.39 is 0 Å². The maximum atomic E-state index is 12.5. The quantitative estimate of drug-likeness (QED) is 0.501. The fourth-order valence-electron chi connectivity index (χ4n) is 3.64. The van der Waals surface area contributed by atoms with E-state index in [1.807, 2.05) is 97.0 Å². The molecule has 2 N–H and O–H groups in total. The molecule has 6 heteroatoms. The summed E-state index contributed by atoms with van der Waals surface area (Å²) in [4.78, 5) is 12.5. The SMILES string of the molecule is Cc1cc(C)cc(NC(=O)NCc2c(C)nn(-c3ccccc3)c2-n2cccc2)c1. The molecule has 152 valence electrons. The molecule has 0 aliphatic carbocycles. The van der Waals surface area contributed by atoms with Crippen molar-refractivity contribution < 1.29 is 4.79 Å². The number of carbonyl (C=O) groups excluding carboxylic acids is 1. The third kappa shape index (κ3) is 4.12. The zero-order valence-electron chi connectivity index (χ0n) is 17.4. The van der Waals surface area contributed by atoms with Gasteiger partial charge >= 0.3 is 6.03 Å². The molecule has 2 aromatic heterocycles. The Morgan fingerprint density at radius 3 is 2.27 bits per heavy atom. The number of aryl methyl sites for hydroxylation is 3. The molecule has 4 aromatic rings. The Balaban J connectivity index is 1.60. The van der Waals surface area contributed by atoms with E-state index in [0.717, 1.165) is 39.6 Å². The largest absolute Gasteiger partial charge is 0.334 e. The van der Waals surface area contributed by atoms with Gasteiger partial charge in [-0.05, 0) is 68.3 Å². The van der Waals surface area contributed by atoms with Crippen molar-refractivity contribution in [1.29, 1.82) is 0 Å². The van der Waals surface area contributed by atoms with E-state index in [1.165, 1.54) is 0 Å². The number of anilines is 1. The Hall–Kier alpha value is -3.80. The second-order valence-electron chi connectivity index (χ2n) is 7.41. The van der Waals surface area contributed by atoms with E-state index in [1.54, 1.807) is 0 Å². The standard InChI is InChI=1S/C24H25N5O/c1-17-13-18(2)15-20(14-17)26-24(30)25-16-22-19(3)27-29(21-9-5-4-6-10-21)23(22)28-11-7-8-12-28/h4-15H,16H2,1-3H3,(H2,25,26,30). The monoisotopic (exact) mass is 399 g/mol. The lowest BCUT2D eigenvalue weighted by molar-refractivity contribution is 0.251. The average molecular weight is 399 g/mol. The zero-order chi connectivity index (χ0) is 21.1. The van der Waals surface area contributed by atoms with Gasteiger partial charge in [-0.2, -0.15) is 5.10 Å². The molecule has 2 aromatic carbocycles. The lowest BCUT2D eigenvalue weighted by atomic mass is 10.1. The molecule has 6 nitrogen and oxygen atoms in total. The van der Waals surface area contributed by atoms with Crippen LogP contribution in [0.25, 0.3) is 11.5 Å². The highest BCUT2D eigenvalue weighted by Crippen LogP contribution is 2.23. The van der Waals surface area contributed by atoms with Gasteiger partial charge in [-0.3, -0.25) is 0 Å². The number of para-hydroxylation sites is 1. The molecule has 0 saturated heterocycles. The maximum absolute atomic E-state index is 12.5. The summed E-state index contributed by atoms with van der Waals surface area (Å²) in [5.74, 6) is 0.912. The van der Waals surface area contributed by atoms with E-state index >= 15 is 0 Å². The molecule has 0 aliphatic heterocycles. The molecule has 4 rings (SSSR count). The van der Waals surface area contributed by atoms with Crippen LogP contribution >= 0.6 is 0 Å². The number of nitrogens with one attached hydrogen (secondary N) is 2. The van der Waals surface area contributed by atoms with Crippen molar-refractivity contribution in [2.75, 3.05) is 5.32 Å². The number of nitrogens with zero attached hydrogens (tertiary/aromatic N) is 3. The van der Waals surface area contributed by atoms with Gasteiger partial charge in [0, 0.05) is 23.6 Å². The summed E-state index contributed by atoms with van der Waals surface area (Å²) in [6.45, 7) is 6.36. The van der Waals surface area contributed by atoms with Crippen LogP contribution in [0, 0.1) is 20.8 Å². The van der Waals surface area contributed by atoms with Gasteiger partial charge in [0.2, 0.25) is 0 Å². The topological polar surface area (TPSA) is 63.9 Å². The Morgan fingerprint density at radius 1 is 0.933 bits per heavy atom. The van der Waals surface area contributed by atoms with Crippen molar-refractivity contribution in [2.24, 2.45) is 0 Å². The van der Waals surface area contributed by atoms with E-state index in [4.69, 9.17) is 5.10 Å². The fourth-order valence-corrected chi connectivity index (χ4v) is 3.64. The van der Waals surface area contributed by atoms with Gasteiger partial charge < -0.3 is 15.2 Å². The molecule has 2 heterocycles. The minimum atomic E-state index is -0.245. The first-order chi connectivity index (χ1) is 14.5. The van der Waals surface area contributed by atoms with Gasteiger partial charge in [-0.25, -0.2) is 9.48 Å². The highest BCUT2D eigenvalue weighted by atomic mass is 16.2. The number of rotatable bonds is 5. The Morgan fingerprint density at radius 2 is 1.60 bits per heavy atom. The molecule has 0 radical (unpaired) electrons. The lowest BCUT2D eigenvalue weighted by Gasteiger charge is -2.12. The summed E-state index contributed by atoms with van der Waals surface area (Å²) in [6, 6.07) is 19.7. The summed E-state index contributed by atoms with van der Waals surface area (Å²) in [5.41, 5.74) is 5.81. The van der Waals surface area contributed by atoms with Gasteiger partial charge in [0.05, 0.1) is 17.9 Å². The van der Waals surface area contributed by atoms with Gasteiger partial charge in [0.15, 0.2) is 0 Å². The van der Waals surface area contributed by atoms with Crippen LogP contribution in [0.1, 0.15) is 22.4 Å². The molecule has 0 bridgehead atoms. The molecule has 2 amide bonds. The number of amides is 2. The second kappa shape index (κ2) is 8.29. The fraction of sp³-hybridized carbons (Fsp3) is 0.167. The smallest absolute Gasteiger partial charge is 0.319 e. The second-order valence-corrected chi connectivity index (χ2v) is 7.41. The predicted molar refractivity (Wildman–Crippen MR) is 119 cm³/mol. The van der Waals surface area contributed by atoms with E-state index in [2.05, 4.69) is 16.7 Å². The van der Waals surface area contributed by atoms with Gasteiger partial charge in [0.1, 0.15) is 5.82 Å². The third-order valence-electron chi connectivity index (χ3n) is 4.91. The van der Waals surface area contributed by atoms with Crippen molar-refractivity contribution in [2.45, 2.75) is 27.3 Å². The Labute approximate surface area is 176 Å². The van der Waals surface area contributed by atoms with Crippen LogP contribution in [-0.2, 0) is 6.54 Å². The number of benzene rings is 2. The van der Waals surface area contributed by atoms with Crippen LogP contribution in [0.15, 0.2) is 73.1 Å². The van der Waals surface area contributed by atoms with Gasteiger partial charge in [0.25, 0.3) is 0 Å². The number of urea groups is 1. The molecule has 0 atom stereocenters. The third-order valence-corrected chi connectivity index (χ3v) is 4.91. The van der Waals surface area contributed by atoms with Crippen LogP contribution in [0.4, 0.5) is 10.5 Å². The van der Waals surface area contributed by atoms with Crippen LogP contribution in [0.2, 0.25) is 0 Å². The highest BCUT2D eigenvalue weighted by Gasteiger charge is 2.18. The van der Waals surface area contributed by atoms with Crippen molar-refractivity contribution in [3.8, 4) is 11.5 Å². The van der Waals surface area contributed by atoms with Crippen molar-refractivity contribution in [1.82, 2.24) is 19.7 Å². The van der Waals surface area contributed by atoms with Crippen LogP contribution in [0.5, 0.6) is 0 Å². The molecule has 0 aliphatic rings. The van der Waals surface area contributed by atoms with Crippen LogP contribution < -0.4 is 10.6 Å². The minimum absolute atomic E-state index is 0.245. The number of hydrogen-bond acceptors (Lipinski definition) is 2. The number of aromatic nitrogens is 3. The Bertz CT molecular complexity index is 1140. The molecule has 30 heavy (non-hydrogen) atoms. The molecular formula is C24H25N5O. The first-order valence-electron chi connectivity index (χ1n) is 9.91. The normalized spacial score (nSPS) is 10.8. The lowest BCUT2D eigenvalue weighted by Crippen LogP contribution is -2.28. The summed E-state index contributed by atoms with van der Waals surface area (Å²) in [7, 11) is 0. The first-order valence-corrected chi connectivity index (χ1v) is 9.91. The highest BCUT2D eigenvalue weighted by molar-refractivity contribution is 5.89. The Kier molecular flexibility index (Phi) is 5.39. The first kappa shape index (κ1) is 19.5. The molecule has 0 saturated carbocycles. The molecule has 0 fully saturated rings. The van der Waals surface area contributed by atoms with Gasteiger partial charge in [-0.1, -0.05) is 24.3 Å². The van der Waals surface area contributed by atoms with E-state index in [-0.39, 0.29) is 6.03 Å². The zero-order valence-corrected chi connectivity index (χ0v) is 17.4. The average Bonchev–Trinajstić information content (AvgIpc) is 3.34. The van der Waals surface area contributed by atoms with Crippen molar-refractivity contribution >= 4 is 11.7 Å². The summed E-state index contributed by atoms with van der Waals surface area (Å²) >= 11 is 0. The number of carbonyl (C=O) groups is 1. The summed E-state index contributed by atoms with van der Waals surface area (Å²) in [6.07, 6.45) is 3.96. The predicted octanol–water partition coefficient (Wildman–Crippen LogP) is 4.91. The van der Waals surface area contributed by atoms with Crippen molar-refractivity contribution in [3.63, 3.8) is 0 Å².